The SMILES string of the molecule is CC(C(=O)Nc1ccc2c(c1)OCO2)N1CCN(c2ccc(C(F)(F)F)cn2)CC1. The van der Waals surface area contributed by atoms with Crippen LogP contribution >= 0.6 is 0 Å². The van der Waals surface area contributed by atoms with E-state index in [0.717, 1.165) is 12.3 Å². The third kappa shape index (κ3) is 4.28. The van der Waals surface area contributed by atoms with Gasteiger partial charge in [0.2, 0.25) is 12.7 Å². The number of benzene rings is 1. The van der Waals surface area contributed by atoms with Crippen LogP contribution in [0.15, 0.2) is 36.5 Å². The zero-order valence-corrected chi connectivity index (χ0v) is 16.3. The fourth-order valence-corrected chi connectivity index (χ4v) is 3.47. The van der Waals surface area contributed by atoms with E-state index in [1.165, 1.54) is 6.07 Å². The van der Waals surface area contributed by atoms with Gasteiger partial charge in [0.15, 0.2) is 11.5 Å². The molecule has 7 nitrogen and oxygen atoms in total. The summed E-state index contributed by atoms with van der Waals surface area (Å²) >= 11 is 0. The molecule has 0 aliphatic carbocycles. The third-order valence-electron chi connectivity index (χ3n) is 5.28. The van der Waals surface area contributed by atoms with E-state index >= 15 is 0 Å². The number of alkyl halides is 3. The van der Waals surface area contributed by atoms with Gasteiger partial charge in [-0.15, -0.1) is 0 Å². The minimum Gasteiger partial charge on any atom is -0.454 e. The molecule has 1 N–H and O–H groups in total. The summed E-state index contributed by atoms with van der Waals surface area (Å²) in [6.45, 7) is 4.33. The van der Waals surface area contributed by atoms with Crippen LogP contribution in [-0.2, 0) is 11.0 Å². The van der Waals surface area contributed by atoms with Gasteiger partial charge in [0, 0.05) is 44.1 Å². The summed E-state index contributed by atoms with van der Waals surface area (Å²) in [5, 5.41) is 2.88. The van der Waals surface area contributed by atoms with E-state index in [1.54, 1.807) is 18.2 Å². The molecule has 2 aromatic rings. The molecule has 1 atom stereocenters. The summed E-state index contributed by atoms with van der Waals surface area (Å²) in [7, 11) is 0. The van der Waals surface area contributed by atoms with Gasteiger partial charge in [0.05, 0.1) is 11.6 Å². The average Bonchev–Trinajstić information content (AvgIpc) is 3.21. The van der Waals surface area contributed by atoms with Crippen molar-refractivity contribution in [2.24, 2.45) is 0 Å². The quantitative estimate of drug-likeness (QED) is 0.817. The van der Waals surface area contributed by atoms with Gasteiger partial charge in [-0.1, -0.05) is 0 Å². The van der Waals surface area contributed by atoms with Crippen molar-refractivity contribution in [2.45, 2.75) is 19.1 Å². The molecule has 10 heteroatoms. The number of hydrogen-bond acceptors (Lipinski definition) is 6. The lowest BCUT2D eigenvalue weighted by Gasteiger charge is -2.38. The fraction of sp³-hybridized carbons (Fsp3) is 0.400. The van der Waals surface area contributed by atoms with Crippen molar-refractivity contribution in [2.75, 3.05) is 43.2 Å². The molecule has 1 saturated heterocycles. The van der Waals surface area contributed by atoms with Crippen LogP contribution in [0.5, 0.6) is 11.5 Å². The predicted octanol–water partition coefficient (Wildman–Crippen LogP) is 2.98. The lowest BCUT2D eigenvalue weighted by Crippen LogP contribution is -2.53. The molecule has 0 saturated carbocycles. The Morgan fingerprint density at radius 1 is 1.10 bits per heavy atom. The molecule has 1 aromatic heterocycles. The second-order valence-corrected chi connectivity index (χ2v) is 7.16. The highest BCUT2D eigenvalue weighted by molar-refractivity contribution is 5.94. The van der Waals surface area contributed by atoms with E-state index in [-0.39, 0.29) is 18.7 Å². The predicted molar refractivity (Wildman–Crippen MR) is 104 cm³/mol. The molecule has 3 heterocycles. The number of nitrogens with one attached hydrogen (secondary N) is 1. The highest BCUT2D eigenvalue weighted by Gasteiger charge is 2.31. The van der Waals surface area contributed by atoms with E-state index in [4.69, 9.17) is 9.47 Å². The number of halogens is 3. The maximum absolute atomic E-state index is 12.7. The Hall–Kier alpha value is -3.01. The number of anilines is 2. The van der Waals surface area contributed by atoms with E-state index in [9.17, 15) is 18.0 Å². The number of pyridine rings is 1. The summed E-state index contributed by atoms with van der Waals surface area (Å²) < 4.78 is 48.6. The van der Waals surface area contributed by atoms with Gasteiger partial charge in [0.1, 0.15) is 5.82 Å². The standard InChI is InChI=1S/C20H21F3N4O3/c1-13(19(28)25-15-3-4-16-17(10-15)30-12-29-16)26-6-8-27(9-7-26)18-5-2-14(11-24-18)20(21,22)23/h2-5,10-11,13H,6-9,12H2,1H3,(H,25,28). The number of amides is 1. The highest BCUT2D eigenvalue weighted by atomic mass is 19.4. The number of fused-ring (bicyclic) bond motifs is 1. The molecule has 30 heavy (non-hydrogen) atoms. The van der Waals surface area contributed by atoms with Gasteiger partial charge in [-0.25, -0.2) is 4.98 Å². The monoisotopic (exact) mass is 422 g/mol. The van der Waals surface area contributed by atoms with E-state index < -0.39 is 11.7 Å². The van der Waals surface area contributed by atoms with Crippen LogP contribution < -0.4 is 19.7 Å². The molecular weight excluding hydrogens is 401 g/mol. The van der Waals surface area contributed by atoms with Crippen LogP contribution in [0.25, 0.3) is 0 Å². The van der Waals surface area contributed by atoms with Crippen molar-refractivity contribution < 1.29 is 27.4 Å². The van der Waals surface area contributed by atoms with Gasteiger partial charge in [-0.2, -0.15) is 13.2 Å². The van der Waals surface area contributed by atoms with Crippen LogP contribution in [0.3, 0.4) is 0 Å². The fourth-order valence-electron chi connectivity index (χ4n) is 3.47. The Balaban J connectivity index is 1.31. The summed E-state index contributed by atoms with van der Waals surface area (Å²) in [6.07, 6.45) is -3.55. The van der Waals surface area contributed by atoms with Crippen LogP contribution in [0, 0.1) is 0 Å². The molecule has 0 radical (unpaired) electrons. The molecule has 160 valence electrons. The zero-order chi connectivity index (χ0) is 21.3. The van der Waals surface area contributed by atoms with Crippen LogP contribution in [0.4, 0.5) is 24.7 Å². The summed E-state index contributed by atoms with van der Waals surface area (Å²) in [5.74, 6) is 1.60. The molecule has 1 unspecified atom stereocenters. The lowest BCUT2D eigenvalue weighted by atomic mass is 10.2. The first-order valence-electron chi connectivity index (χ1n) is 9.54. The Morgan fingerprint density at radius 3 is 2.50 bits per heavy atom. The molecule has 4 rings (SSSR count). The van der Waals surface area contributed by atoms with Crippen molar-refractivity contribution in [3.63, 3.8) is 0 Å². The summed E-state index contributed by atoms with van der Waals surface area (Å²) in [6, 6.07) is 7.29. The molecule has 2 aliphatic rings. The molecule has 1 amide bonds. The molecule has 1 aromatic carbocycles. The Bertz CT molecular complexity index is 913. The van der Waals surface area contributed by atoms with E-state index in [2.05, 4.69) is 10.3 Å². The lowest BCUT2D eigenvalue weighted by molar-refractivity contribution is -0.137. The summed E-state index contributed by atoms with van der Waals surface area (Å²) in [4.78, 5) is 20.5. The number of piperazine rings is 1. The number of carbonyl (C=O) groups excluding carboxylic acids is 1. The first kappa shape index (κ1) is 20.3. The zero-order valence-electron chi connectivity index (χ0n) is 16.3. The van der Waals surface area contributed by atoms with Gasteiger partial charge >= 0.3 is 6.18 Å². The molecule has 0 bridgehead atoms. The van der Waals surface area contributed by atoms with Crippen molar-refractivity contribution in [3.05, 3.63) is 42.1 Å². The topological polar surface area (TPSA) is 66.9 Å². The largest absolute Gasteiger partial charge is 0.454 e. The second kappa shape index (κ2) is 8.02. The van der Waals surface area contributed by atoms with E-state index in [0.29, 0.717) is 49.2 Å². The van der Waals surface area contributed by atoms with Crippen molar-refractivity contribution in [1.82, 2.24) is 9.88 Å². The number of carbonyl (C=O) groups is 1. The first-order valence-corrected chi connectivity index (χ1v) is 9.54. The average molecular weight is 422 g/mol. The molecular formula is C20H21F3N4O3. The maximum atomic E-state index is 12.7. The van der Waals surface area contributed by atoms with Gasteiger partial charge in [-0.05, 0) is 31.2 Å². The van der Waals surface area contributed by atoms with Crippen molar-refractivity contribution >= 4 is 17.4 Å². The van der Waals surface area contributed by atoms with Gasteiger partial charge in [0.25, 0.3) is 0 Å². The van der Waals surface area contributed by atoms with Crippen LogP contribution in [0.2, 0.25) is 0 Å². The maximum Gasteiger partial charge on any atom is 0.417 e. The van der Waals surface area contributed by atoms with Gasteiger partial charge in [-0.3, -0.25) is 9.69 Å². The van der Waals surface area contributed by atoms with Crippen molar-refractivity contribution in [1.29, 1.82) is 0 Å². The molecule has 2 aliphatic heterocycles. The number of ether oxygens (including phenoxy) is 2. The van der Waals surface area contributed by atoms with E-state index in [1.807, 2.05) is 16.7 Å². The van der Waals surface area contributed by atoms with Crippen LogP contribution in [0.1, 0.15) is 12.5 Å². The second-order valence-electron chi connectivity index (χ2n) is 7.16. The molecule has 0 spiro atoms. The number of nitrogens with zero attached hydrogens (tertiary/aromatic N) is 3. The van der Waals surface area contributed by atoms with Gasteiger partial charge < -0.3 is 19.7 Å². The Kier molecular flexibility index (Phi) is 5.42. The number of aromatic nitrogens is 1. The highest BCUT2D eigenvalue weighted by Crippen LogP contribution is 2.34. The minimum atomic E-state index is -4.40. The normalized spacial score (nSPS) is 17.7. The Labute approximate surface area is 171 Å². The van der Waals surface area contributed by atoms with Crippen LogP contribution in [-0.4, -0.2) is 54.8 Å². The van der Waals surface area contributed by atoms with Crippen molar-refractivity contribution in [3.8, 4) is 11.5 Å². The number of hydrogen-bond donors (Lipinski definition) is 1. The minimum absolute atomic E-state index is 0.144. The Morgan fingerprint density at radius 2 is 1.83 bits per heavy atom. The number of rotatable bonds is 4. The summed E-state index contributed by atoms with van der Waals surface area (Å²) in [5.41, 5.74) is -0.137. The first-order chi connectivity index (χ1) is 14.3. The smallest absolute Gasteiger partial charge is 0.417 e. The molecule has 1 fully saturated rings. The third-order valence-corrected chi connectivity index (χ3v) is 5.28.